The smallest absolute Gasteiger partial charge is 0.222 e. The third-order valence-corrected chi connectivity index (χ3v) is 4.53. The zero-order valence-electron chi connectivity index (χ0n) is 10.7. The molecule has 0 aromatic rings. The van der Waals surface area contributed by atoms with Crippen LogP contribution in [0.3, 0.4) is 0 Å². The lowest BCUT2D eigenvalue weighted by Crippen LogP contribution is -2.47. The van der Waals surface area contributed by atoms with Gasteiger partial charge in [-0.3, -0.25) is 4.79 Å². The summed E-state index contributed by atoms with van der Waals surface area (Å²) in [6.45, 7) is 6.43. The second-order valence-electron chi connectivity index (χ2n) is 5.54. The molecule has 0 N–H and O–H groups in total. The third kappa shape index (κ3) is 2.40. The van der Waals surface area contributed by atoms with E-state index in [9.17, 15) is 4.79 Å². The molecule has 92 valence electrons. The van der Waals surface area contributed by atoms with Crippen molar-refractivity contribution in [1.82, 2.24) is 9.80 Å². The standard InChI is InChI=1S/C13H24N2O/c1-3-12(16)15-10-6-13(7-11-15)4-8-14(2)9-5-13/h3-11H2,1-2H3. The lowest BCUT2D eigenvalue weighted by atomic mass is 9.71. The molecule has 2 aliphatic heterocycles. The second-order valence-corrected chi connectivity index (χ2v) is 5.54. The first kappa shape index (κ1) is 11.9. The number of likely N-dealkylation sites (tertiary alicyclic amines) is 2. The fourth-order valence-electron chi connectivity index (χ4n) is 3.05. The Morgan fingerprint density at radius 1 is 1.06 bits per heavy atom. The fraction of sp³-hybridized carbons (Fsp3) is 0.923. The molecule has 0 saturated carbocycles. The van der Waals surface area contributed by atoms with Crippen LogP contribution in [0.5, 0.6) is 0 Å². The molecule has 2 rings (SSSR count). The molecule has 0 aromatic heterocycles. The lowest BCUT2D eigenvalue weighted by Gasteiger charge is -2.46. The summed E-state index contributed by atoms with van der Waals surface area (Å²) in [6, 6.07) is 0. The highest BCUT2D eigenvalue weighted by Crippen LogP contribution is 2.40. The van der Waals surface area contributed by atoms with E-state index in [0.29, 0.717) is 17.7 Å². The Labute approximate surface area is 98.8 Å². The molecule has 2 saturated heterocycles. The second kappa shape index (κ2) is 4.74. The molecule has 0 atom stereocenters. The van der Waals surface area contributed by atoms with Crippen molar-refractivity contribution in [3.8, 4) is 0 Å². The highest BCUT2D eigenvalue weighted by molar-refractivity contribution is 5.75. The first-order valence-electron chi connectivity index (χ1n) is 6.61. The van der Waals surface area contributed by atoms with E-state index in [1.165, 1.54) is 38.8 Å². The zero-order valence-corrected chi connectivity index (χ0v) is 10.7. The average Bonchev–Trinajstić information content (AvgIpc) is 2.33. The Morgan fingerprint density at radius 2 is 1.56 bits per heavy atom. The molecule has 0 bridgehead atoms. The number of hydrogen-bond acceptors (Lipinski definition) is 2. The van der Waals surface area contributed by atoms with Crippen molar-refractivity contribution in [2.45, 2.75) is 39.0 Å². The van der Waals surface area contributed by atoms with Crippen molar-refractivity contribution in [1.29, 1.82) is 0 Å². The van der Waals surface area contributed by atoms with Crippen molar-refractivity contribution < 1.29 is 4.79 Å². The van der Waals surface area contributed by atoms with Crippen LogP contribution in [-0.4, -0.2) is 48.9 Å². The number of carbonyl (C=O) groups is 1. The highest BCUT2D eigenvalue weighted by Gasteiger charge is 2.37. The fourth-order valence-corrected chi connectivity index (χ4v) is 3.05. The maximum absolute atomic E-state index is 11.6. The average molecular weight is 224 g/mol. The summed E-state index contributed by atoms with van der Waals surface area (Å²) in [5.41, 5.74) is 0.566. The summed E-state index contributed by atoms with van der Waals surface area (Å²) < 4.78 is 0. The quantitative estimate of drug-likeness (QED) is 0.677. The van der Waals surface area contributed by atoms with Crippen LogP contribution in [0.1, 0.15) is 39.0 Å². The van der Waals surface area contributed by atoms with E-state index in [1.54, 1.807) is 0 Å². The van der Waals surface area contributed by atoms with Gasteiger partial charge in [0.15, 0.2) is 0 Å². The maximum atomic E-state index is 11.6. The van der Waals surface area contributed by atoms with Gasteiger partial charge in [-0.15, -0.1) is 0 Å². The number of amides is 1. The number of hydrogen-bond donors (Lipinski definition) is 0. The van der Waals surface area contributed by atoms with Gasteiger partial charge in [-0.25, -0.2) is 0 Å². The predicted molar refractivity (Wildman–Crippen MR) is 65.3 cm³/mol. The van der Waals surface area contributed by atoms with E-state index < -0.39 is 0 Å². The minimum absolute atomic E-state index is 0.336. The Bertz CT molecular complexity index is 247. The van der Waals surface area contributed by atoms with Crippen LogP contribution >= 0.6 is 0 Å². The first-order chi connectivity index (χ1) is 7.65. The number of nitrogens with zero attached hydrogens (tertiary/aromatic N) is 2. The molecular formula is C13H24N2O. The van der Waals surface area contributed by atoms with Crippen LogP contribution in [0, 0.1) is 5.41 Å². The predicted octanol–water partition coefficient (Wildman–Crippen LogP) is 1.73. The molecule has 0 aromatic carbocycles. The molecule has 2 fully saturated rings. The van der Waals surface area contributed by atoms with Crippen LogP contribution in [-0.2, 0) is 4.79 Å². The maximum Gasteiger partial charge on any atom is 0.222 e. The number of carbonyl (C=O) groups excluding carboxylic acids is 1. The third-order valence-electron chi connectivity index (χ3n) is 4.53. The van der Waals surface area contributed by atoms with Crippen LogP contribution in [0.2, 0.25) is 0 Å². The number of rotatable bonds is 1. The Balaban J connectivity index is 1.87. The summed E-state index contributed by atoms with van der Waals surface area (Å²) >= 11 is 0. The molecule has 0 aliphatic carbocycles. The van der Waals surface area contributed by atoms with Crippen molar-refractivity contribution >= 4 is 5.91 Å². The Morgan fingerprint density at radius 3 is 2.06 bits per heavy atom. The van der Waals surface area contributed by atoms with E-state index >= 15 is 0 Å². The summed E-state index contributed by atoms with van der Waals surface area (Å²) in [5.74, 6) is 0.336. The van der Waals surface area contributed by atoms with Gasteiger partial charge in [-0.2, -0.15) is 0 Å². The van der Waals surface area contributed by atoms with Gasteiger partial charge < -0.3 is 9.80 Å². The summed E-state index contributed by atoms with van der Waals surface area (Å²) in [7, 11) is 2.21. The SMILES string of the molecule is CCC(=O)N1CCC2(CCN(C)CC2)CC1. The number of piperidine rings is 2. The summed E-state index contributed by atoms with van der Waals surface area (Å²) in [6.07, 6.45) is 5.78. The van der Waals surface area contributed by atoms with Crippen LogP contribution in [0.15, 0.2) is 0 Å². The molecule has 3 nitrogen and oxygen atoms in total. The van der Waals surface area contributed by atoms with E-state index in [0.717, 1.165) is 13.1 Å². The first-order valence-corrected chi connectivity index (χ1v) is 6.61. The van der Waals surface area contributed by atoms with Gasteiger partial charge in [0.05, 0.1) is 0 Å². The van der Waals surface area contributed by atoms with E-state index in [4.69, 9.17) is 0 Å². The van der Waals surface area contributed by atoms with Gasteiger partial charge in [-0.1, -0.05) is 6.92 Å². The van der Waals surface area contributed by atoms with Gasteiger partial charge >= 0.3 is 0 Å². The lowest BCUT2D eigenvalue weighted by molar-refractivity contribution is -0.133. The van der Waals surface area contributed by atoms with Crippen LogP contribution in [0.4, 0.5) is 0 Å². The molecule has 16 heavy (non-hydrogen) atoms. The largest absolute Gasteiger partial charge is 0.343 e. The van der Waals surface area contributed by atoms with Crippen LogP contribution in [0.25, 0.3) is 0 Å². The van der Waals surface area contributed by atoms with Gasteiger partial charge in [0, 0.05) is 19.5 Å². The molecule has 3 heteroatoms. The topological polar surface area (TPSA) is 23.6 Å². The Hall–Kier alpha value is -0.570. The molecule has 2 heterocycles. The van der Waals surface area contributed by atoms with Gasteiger partial charge in [0.25, 0.3) is 0 Å². The molecule has 2 aliphatic rings. The normalized spacial score (nSPS) is 26.0. The van der Waals surface area contributed by atoms with Crippen molar-refractivity contribution in [2.24, 2.45) is 5.41 Å². The van der Waals surface area contributed by atoms with E-state index in [1.807, 2.05) is 6.92 Å². The molecule has 1 spiro atoms. The molecule has 0 radical (unpaired) electrons. The minimum atomic E-state index is 0.336. The van der Waals surface area contributed by atoms with Gasteiger partial charge in [0.2, 0.25) is 5.91 Å². The van der Waals surface area contributed by atoms with Gasteiger partial charge in [0.1, 0.15) is 0 Å². The van der Waals surface area contributed by atoms with E-state index in [2.05, 4.69) is 16.8 Å². The highest BCUT2D eigenvalue weighted by atomic mass is 16.2. The van der Waals surface area contributed by atoms with Crippen molar-refractivity contribution in [3.63, 3.8) is 0 Å². The van der Waals surface area contributed by atoms with Crippen molar-refractivity contribution in [3.05, 3.63) is 0 Å². The monoisotopic (exact) mass is 224 g/mol. The van der Waals surface area contributed by atoms with Crippen LogP contribution < -0.4 is 0 Å². The van der Waals surface area contributed by atoms with Gasteiger partial charge in [-0.05, 0) is 51.2 Å². The molecule has 0 unspecified atom stereocenters. The Kier molecular flexibility index (Phi) is 3.53. The summed E-state index contributed by atoms with van der Waals surface area (Å²) in [4.78, 5) is 16.1. The molecule has 1 amide bonds. The summed E-state index contributed by atoms with van der Waals surface area (Å²) in [5, 5.41) is 0. The zero-order chi connectivity index (χ0) is 11.6. The minimum Gasteiger partial charge on any atom is -0.343 e. The molecular weight excluding hydrogens is 200 g/mol. The van der Waals surface area contributed by atoms with E-state index in [-0.39, 0.29) is 0 Å². The van der Waals surface area contributed by atoms with Crippen molar-refractivity contribution in [2.75, 3.05) is 33.2 Å².